The third-order valence-corrected chi connectivity index (χ3v) is 5.80. The topological polar surface area (TPSA) is 92.6 Å². The van der Waals surface area contributed by atoms with Gasteiger partial charge in [0.15, 0.2) is 0 Å². The number of hydrogen-bond donors (Lipinski definition) is 3. The van der Waals surface area contributed by atoms with E-state index in [2.05, 4.69) is 16.0 Å². The number of carbonyl (C=O) groups excluding carboxylic acids is 2. The van der Waals surface area contributed by atoms with Gasteiger partial charge in [0, 0.05) is 29.6 Å². The fourth-order valence-electron chi connectivity index (χ4n) is 3.80. The molecule has 0 unspecified atom stereocenters. The van der Waals surface area contributed by atoms with E-state index in [1.165, 1.54) is 0 Å². The summed E-state index contributed by atoms with van der Waals surface area (Å²) in [5.74, 6) is 0.569. The van der Waals surface area contributed by atoms with E-state index in [0.29, 0.717) is 54.8 Å². The number of urea groups is 1. The van der Waals surface area contributed by atoms with Gasteiger partial charge in [0.25, 0.3) is 0 Å². The molecule has 1 aliphatic rings. The lowest BCUT2D eigenvalue weighted by Gasteiger charge is -2.36. The molecule has 1 aromatic heterocycles. The number of hydrogen-bond acceptors (Lipinski definition) is 4. The number of nitrogens with one attached hydrogen (secondary N) is 3. The van der Waals surface area contributed by atoms with Gasteiger partial charge in [-0.15, -0.1) is 0 Å². The van der Waals surface area contributed by atoms with E-state index in [9.17, 15) is 9.59 Å². The minimum atomic E-state index is -0.703. The zero-order valence-electron chi connectivity index (χ0n) is 17.4. The zero-order valence-corrected chi connectivity index (χ0v) is 18.2. The molecule has 1 saturated heterocycles. The minimum absolute atomic E-state index is 0.0973. The standard InChI is InChI=1S/C24H24ClN3O4/c25-18-4-1-3-17(15-18)24(10-13-31-14-11-24)22(29)27-19-6-8-20(9-7-19)28-23(30)26-16-21-5-2-12-32-21/h1-9,12,15H,10-11,13-14,16H2,(H,27,29)(H2,26,28,30). The molecule has 166 valence electrons. The van der Waals surface area contributed by atoms with Gasteiger partial charge in [0.2, 0.25) is 5.91 Å². The third kappa shape index (κ3) is 5.12. The van der Waals surface area contributed by atoms with Crippen LogP contribution in [0.25, 0.3) is 0 Å². The van der Waals surface area contributed by atoms with Crippen molar-refractivity contribution in [1.82, 2.24) is 5.32 Å². The lowest BCUT2D eigenvalue weighted by atomic mass is 9.73. The molecule has 1 fully saturated rings. The largest absolute Gasteiger partial charge is 0.467 e. The molecular formula is C24H24ClN3O4. The number of anilines is 2. The maximum Gasteiger partial charge on any atom is 0.319 e. The summed E-state index contributed by atoms with van der Waals surface area (Å²) in [5, 5.41) is 9.08. The molecule has 3 aromatic rings. The van der Waals surface area contributed by atoms with E-state index < -0.39 is 5.41 Å². The van der Waals surface area contributed by atoms with Gasteiger partial charge < -0.3 is 25.1 Å². The van der Waals surface area contributed by atoms with Gasteiger partial charge >= 0.3 is 6.03 Å². The molecule has 0 spiro atoms. The van der Waals surface area contributed by atoms with Crippen molar-refractivity contribution in [3.05, 3.63) is 83.3 Å². The Bertz CT molecular complexity index is 1060. The average Bonchev–Trinajstić information content (AvgIpc) is 3.33. The quantitative estimate of drug-likeness (QED) is 0.492. The van der Waals surface area contributed by atoms with E-state index in [4.69, 9.17) is 20.8 Å². The van der Waals surface area contributed by atoms with Crippen molar-refractivity contribution in [2.45, 2.75) is 24.8 Å². The van der Waals surface area contributed by atoms with E-state index in [0.717, 1.165) is 5.56 Å². The predicted octanol–water partition coefficient (Wildman–Crippen LogP) is 4.94. The van der Waals surface area contributed by atoms with Crippen molar-refractivity contribution < 1.29 is 18.7 Å². The molecule has 32 heavy (non-hydrogen) atoms. The number of furan rings is 1. The molecule has 2 heterocycles. The Balaban J connectivity index is 1.40. The van der Waals surface area contributed by atoms with Gasteiger partial charge in [0.1, 0.15) is 5.76 Å². The Hall–Kier alpha value is -3.29. The highest BCUT2D eigenvalue weighted by Gasteiger charge is 2.41. The van der Waals surface area contributed by atoms with Crippen LogP contribution in [0.1, 0.15) is 24.2 Å². The predicted molar refractivity (Wildman–Crippen MR) is 123 cm³/mol. The SMILES string of the molecule is O=C(NCc1ccco1)Nc1ccc(NC(=O)C2(c3cccc(Cl)c3)CCOCC2)cc1. The Labute approximate surface area is 191 Å². The van der Waals surface area contributed by atoms with Crippen LogP contribution in [-0.2, 0) is 21.5 Å². The van der Waals surface area contributed by atoms with Gasteiger partial charge in [-0.2, -0.15) is 0 Å². The van der Waals surface area contributed by atoms with Crippen molar-refractivity contribution in [1.29, 1.82) is 0 Å². The molecule has 4 rings (SSSR count). The molecule has 0 saturated carbocycles. The Morgan fingerprint density at radius 1 is 0.938 bits per heavy atom. The summed E-state index contributed by atoms with van der Waals surface area (Å²) in [5.41, 5.74) is 1.43. The summed E-state index contributed by atoms with van der Waals surface area (Å²) in [6, 6.07) is 17.6. The number of benzene rings is 2. The first kappa shape index (κ1) is 21.9. The number of amides is 3. The zero-order chi connectivity index (χ0) is 22.4. The minimum Gasteiger partial charge on any atom is -0.467 e. The fraction of sp³-hybridized carbons (Fsp3) is 0.250. The van der Waals surface area contributed by atoms with Crippen LogP contribution < -0.4 is 16.0 Å². The molecule has 3 amide bonds. The highest BCUT2D eigenvalue weighted by atomic mass is 35.5. The molecule has 2 aromatic carbocycles. The number of rotatable bonds is 6. The Morgan fingerprint density at radius 2 is 1.66 bits per heavy atom. The van der Waals surface area contributed by atoms with Crippen LogP contribution in [0.15, 0.2) is 71.3 Å². The first-order valence-electron chi connectivity index (χ1n) is 10.4. The third-order valence-electron chi connectivity index (χ3n) is 5.56. The molecular weight excluding hydrogens is 430 g/mol. The summed E-state index contributed by atoms with van der Waals surface area (Å²) in [6.45, 7) is 1.31. The summed E-state index contributed by atoms with van der Waals surface area (Å²) in [6.07, 6.45) is 2.71. The monoisotopic (exact) mass is 453 g/mol. The Morgan fingerprint density at radius 3 is 2.31 bits per heavy atom. The number of carbonyl (C=O) groups is 2. The fourth-order valence-corrected chi connectivity index (χ4v) is 3.99. The second-order valence-corrected chi connectivity index (χ2v) is 8.06. The Kier molecular flexibility index (Phi) is 6.78. The highest BCUT2D eigenvalue weighted by molar-refractivity contribution is 6.30. The van der Waals surface area contributed by atoms with Crippen LogP contribution in [0.3, 0.4) is 0 Å². The number of ether oxygens (including phenoxy) is 1. The molecule has 7 nitrogen and oxygen atoms in total. The first-order chi connectivity index (χ1) is 15.5. The molecule has 8 heteroatoms. The first-order valence-corrected chi connectivity index (χ1v) is 10.8. The normalized spacial score (nSPS) is 15.0. The van der Waals surface area contributed by atoms with Crippen LogP contribution in [0.5, 0.6) is 0 Å². The maximum absolute atomic E-state index is 13.4. The lowest BCUT2D eigenvalue weighted by molar-refractivity contribution is -0.125. The smallest absolute Gasteiger partial charge is 0.319 e. The molecule has 0 radical (unpaired) electrons. The van der Waals surface area contributed by atoms with Crippen molar-refractivity contribution in [3.63, 3.8) is 0 Å². The summed E-state index contributed by atoms with van der Waals surface area (Å²) in [7, 11) is 0. The van der Waals surface area contributed by atoms with Crippen molar-refractivity contribution in [2.75, 3.05) is 23.8 Å². The van der Waals surface area contributed by atoms with Gasteiger partial charge in [0.05, 0.1) is 18.2 Å². The van der Waals surface area contributed by atoms with Crippen molar-refractivity contribution in [2.24, 2.45) is 0 Å². The second kappa shape index (κ2) is 9.89. The molecule has 3 N–H and O–H groups in total. The average molecular weight is 454 g/mol. The molecule has 1 aliphatic heterocycles. The van der Waals surface area contributed by atoms with Crippen LogP contribution in [0.4, 0.5) is 16.2 Å². The number of halogens is 1. The van der Waals surface area contributed by atoms with Gasteiger partial charge in [-0.05, 0) is 66.9 Å². The lowest BCUT2D eigenvalue weighted by Crippen LogP contribution is -2.44. The maximum atomic E-state index is 13.4. The summed E-state index contributed by atoms with van der Waals surface area (Å²) >= 11 is 6.19. The summed E-state index contributed by atoms with van der Waals surface area (Å²) < 4.78 is 10.7. The van der Waals surface area contributed by atoms with Crippen molar-refractivity contribution >= 4 is 34.9 Å². The molecule has 0 atom stereocenters. The van der Waals surface area contributed by atoms with Gasteiger partial charge in [-0.1, -0.05) is 23.7 Å². The van der Waals surface area contributed by atoms with Crippen LogP contribution in [0.2, 0.25) is 5.02 Å². The molecule has 0 bridgehead atoms. The van der Waals surface area contributed by atoms with Crippen LogP contribution >= 0.6 is 11.6 Å². The van der Waals surface area contributed by atoms with E-state index >= 15 is 0 Å². The van der Waals surface area contributed by atoms with E-state index in [1.807, 2.05) is 18.2 Å². The van der Waals surface area contributed by atoms with Crippen LogP contribution in [0, 0.1) is 0 Å². The van der Waals surface area contributed by atoms with E-state index in [-0.39, 0.29) is 11.9 Å². The second-order valence-electron chi connectivity index (χ2n) is 7.62. The van der Waals surface area contributed by atoms with Crippen LogP contribution in [-0.4, -0.2) is 25.2 Å². The van der Waals surface area contributed by atoms with Crippen molar-refractivity contribution in [3.8, 4) is 0 Å². The van der Waals surface area contributed by atoms with E-state index in [1.54, 1.807) is 48.7 Å². The van der Waals surface area contributed by atoms with Gasteiger partial charge in [-0.25, -0.2) is 4.79 Å². The highest BCUT2D eigenvalue weighted by Crippen LogP contribution is 2.37. The molecule has 0 aliphatic carbocycles. The van der Waals surface area contributed by atoms with Gasteiger partial charge in [-0.3, -0.25) is 4.79 Å². The summed E-state index contributed by atoms with van der Waals surface area (Å²) in [4.78, 5) is 25.4.